The van der Waals surface area contributed by atoms with Gasteiger partial charge in [0.15, 0.2) is 5.12 Å². The topological polar surface area (TPSA) is 156 Å². The van der Waals surface area contributed by atoms with Gasteiger partial charge in [0, 0.05) is 30.7 Å². The summed E-state index contributed by atoms with van der Waals surface area (Å²) in [7, 11) is 0. The van der Waals surface area contributed by atoms with Gasteiger partial charge in [0.2, 0.25) is 11.8 Å². The molecule has 0 bridgehead atoms. The average molecular weight is 409 g/mol. The first-order valence-corrected chi connectivity index (χ1v) is 9.78. The van der Waals surface area contributed by atoms with Gasteiger partial charge in [-0.25, -0.2) is 0 Å². The fraction of sp³-hybridized carbons (Fsp3) is 0.824. The van der Waals surface area contributed by atoms with E-state index in [0.29, 0.717) is 0 Å². The molecule has 0 aromatic carbocycles. The van der Waals surface area contributed by atoms with Crippen molar-refractivity contribution in [3.8, 4) is 0 Å². The molecule has 2 amide bonds. The van der Waals surface area contributed by atoms with Gasteiger partial charge in [-0.05, 0) is 13.8 Å². The minimum Gasteiger partial charge on any atom is -0.396 e. The third kappa shape index (κ3) is 9.52. The van der Waals surface area contributed by atoms with Crippen LogP contribution in [0.15, 0.2) is 0 Å². The number of carbonyl (C=O) groups is 3. The lowest BCUT2D eigenvalue weighted by molar-refractivity contribution is -0.137. The summed E-state index contributed by atoms with van der Waals surface area (Å²) in [6.45, 7) is 5.85. The van der Waals surface area contributed by atoms with Gasteiger partial charge in [-0.2, -0.15) is 0 Å². The van der Waals surface area contributed by atoms with Crippen LogP contribution in [0.25, 0.3) is 0 Å². The maximum absolute atomic E-state index is 11.9. The molecule has 0 fully saturated rings. The molecule has 0 aromatic rings. The summed E-state index contributed by atoms with van der Waals surface area (Å²) in [5.41, 5.74) is -0.980. The number of hydrogen-bond acceptors (Lipinski definition) is 8. The monoisotopic (exact) mass is 408 g/mol. The lowest BCUT2D eigenvalue weighted by atomic mass is 9.87. The van der Waals surface area contributed by atoms with E-state index < -0.39 is 35.6 Å². The van der Waals surface area contributed by atoms with Crippen molar-refractivity contribution >= 4 is 28.7 Å². The number of thioether (sulfide) groups is 1. The lowest BCUT2D eigenvalue weighted by Gasteiger charge is -2.27. The number of rotatable bonds is 12. The first-order chi connectivity index (χ1) is 12.4. The van der Waals surface area contributed by atoms with Crippen LogP contribution in [-0.2, 0) is 14.4 Å². The fourth-order valence-corrected chi connectivity index (χ4v) is 3.15. The molecule has 3 atom stereocenters. The van der Waals surface area contributed by atoms with Gasteiger partial charge in [-0.15, -0.1) is 0 Å². The largest absolute Gasteiger partial charge is 0.396 e. The van der Waals surface area contributed by atoms with Gasteiger partial charge >= 0.3 is 0 Å². The molecule has 3 unspecified atom stereocenters. The zero-order valence-electron chi connectivity index (χ0n) is 16.3. The molecule has 6 N–H and O–H groups in total. The molecule has 0 rings (SSSR count). The van der Waals surface area contributed by atoms with E-state index in [4.69, 9.17) is 5.11 Å². The second kappa shape index (κ2) is 12.3. The maximum atomic E-state index is 11.9. The van der Waals surface area contributed by atoms with Crippen molar-refractivity contribution in [2.45, 2.75) is 52.4 Å². The highest BCUT2D eigenvalue weighted by Crippen LogP contribution is 2.19. The van der Waals surface area contributed by atoms with Crippen molar-refractivity contribution in [2.24, 2.45) is 11.3 Å². The zero-order valence-corrected chi connectivity index (χ0v) is 17.1. The molecule has 9 nitrogen and oxygen atoms in total. The van der Waals surface area contributed by atoms with Crippen molar-refractivity contribution in [1.29, 1.82) is 0 Å². The summed E-state index contributed by atoms with van der Waals surface area (Å²) >= 11 is 0.921. The van der Waals surface area contributed by atoms with Gasteiger partial charge in [-0.1, -0.05) is 25.6 Å². The van der Waals surface area contributed by atoms with Crippen molar-refractivity contribution in [3.05, 3.63) is 0 Å². The fourth-order valence-electron chi connectivity index (χ4n) is 2.16. The maximum Gasteiger partial charge on any atom is 0.249 e. The van der Waals surface area contributed by atoms with Crippen LogP contribution in [0, 0.1) is 11.3 Å². The molecule has 0 saturated carbocycles. The molecular weight excluding hydrogens is 376 g/mol. The normalized spacial score (nSPS) is 16.1. The summed E-state index contributed by atoms with van der Waals surface area (Å²) in [6, 6.07) is 0. The third-order valence-electron chi connectivity index (χ3n) is 4.03. The molecule has 0 spiro atoms. The van der Waals surface area contributed by atoms with Gasteiger partial charge in [-0.3, -0.25) is 14.4 Å². The highest BCUT2D eigenvalue weighted by Gasteiger charge is 2.32. The molecule has 0 aromatic heterocycles. The van der Waals surface area contributed by atoms with E-state index >= 15 is 0 Å². The number of amides is 2. The van der Waals surface area contributed by atoms with Gasteiger partial charge < -0.3 is 31.1 Å². The van der Waals surface area contributed by atoms with E-state index in [1.807, 2.05) is 0 Å². The number of carbonyl (C=O) groups excluding carboxylic acids is 3. The van der Waals surface area contributed by atoms with Crippen LogP contribution in [0.2, 0.25) is 0 Å². The van der Waals surface area contributed by atoms with Crippen LogP contribution in [-0.4, -0.2) is 81.1 Å². The number of hydrogen-bond donors (Lipinski definition) is 6. The second-order valence-electron chi connectivity index (χ2n) is 7.11. The predicted molar refractivity (Wildman–Crippen MR) is 102 cm³/mol. The van der Waals surface area contributed by atoms with E-state index in [1.54, 1.807) is 13.8 Å². The van der Waals surface area contributed by atoms with Gasteiger partial charge in [0.25, 0.3) is 0 Å². The van der Waals surface area contributed by atoms with Crippen LogP contribution < -0.4 is 10.6 Å². The number of aliphatic hydroxyl groups is 4. The van der Waals surface area contributed by atoms with E-state index in [1.165, 1.54) is 13.8 Å². The van der Waals surface area contributed by atoms with Crippen molar-refractivity contribution in [1.82, 2.24) is 10.6 Å². The van der Waals surface area contributed by atoms with E-state index in [9.17, 15) is 29.7 Å². The summed E-state index contributed by atoms with van der Waals surface area (Å²) in [5.74, 6) is -1.58. The van der Waals surface area contributed by atoms with E-state index in [0.717, 1.165) is 11.8 Å². The SMILES string of the molecule is CC(O)C(C(=O)SCCNC(=O)CCNC(=O)C(O)C(C)(C)CO)C(C)O. The van der Waals surface area contributed by atoms with E-state index in [2.05, 4.69) is 10.6 Å². The van der Waals surface area contributed by atoms with Gasteiger partial charge in [0.05, 0.1) is 24.7 Å². The molecule has 0 radical (unpaired) electrons. The summed E-state index contributed by atoms with van der Waals surface area (Å²) in [4.78, 5) is 35.4. The molecule has 0 aliphatic rings. The second-order valence-corrected chi connectivity index (χ2v) is 8.21. The smallest absolute Gasteiger partial charge is 0.249 e. The Bertz CT molecular complexity index is 490. The van der Waals surface area contributed by atoms with Crippen molar-refractivity contribution in [3.63, 3.8) is 0 Å². The molecule has 0 heterocycles. The molecular formula is C17H32N2O7S. The van der Waals surface area contributed by atoms with Crippen LogP contribution in [0.3, 0.4) is 0 Å². The Kier molecular flexibility index (Phi) is 11.7. The van der Waals surface area contributed by atoms with Gasteiger partial charge in [0.1, 0.15) is 6.10 Å². The van der Waals surface area contributed by atoms with Crippen LogP contribution in [0.4, 0.5) is 0 Å². The van der Waals surface area contributed by atoms with Crippen LogP contribution in [0.1, 0.15) is 34.1 Å². The molecule has 0 aliphatic carbocycles. The molecule has 0 aliphatic heterocycles. The molecule has 158 valence electrons. The first kappa shape index (κ1) is 25.8. The first-order valence-electron chi connectivity index (χ1n) is 8.80. The van der Waals surface area contributed by atoms with E-state index in [-0.39, 0.29) is 42.9 Å². The highest BCUT2D eigenvalue weighted by atomic mass is 32.2. The molecule has 10 heteroatoms. The minimum absolute atomic E-state index is 0.000595. The third-order valence-corrected chi connectivity index (χ3v) is 4.99. The Hall–Kier alpha value is -1.20. The Morgan fingerprint density at radius 2 is 1.56 bits per heavy atom. The molecule has 0 saturated heterocycles. The summed E-state index contributed by atoms with van der Waals surface area (Å²) in [6.07, 6.45) is -3.31. The predicted octanol–water partition coefficient (Wildman–Crippen LogP) is -1.37. The quantitative estimate of drug-likeness (QED) is 0.216. The highest BCUT2D eigenvalue weighted by molar-refractivity contribution is 8.13. The summed E-state index contributed by atoms with van der Waals surface area (Å²) < 4.78 is 0. The van der Waals surface area contributed by atoms with Crippen molar-refractivity contribution < 1.29 is 34.8 Å². The number of aliphatic hydroxyl groups excluding tert-OH is 4. The Morgan fingerprint density at radius 3 is 2.04 bits per heavy atom. The summed E-state index contributed by atoms with van der Waals surface area (Å²) in [5, 5.41) is 42.6. The van der Waals surface area contributed by atoms with Crippen LogP contribution in [0.5, 0.6) is 0 Å². The minimum atomic E-state index is -1.39. The Balaban J connectivity index is 4.06. The van der Waals surface area contributed by atoms with Crippen LogP contribution >= 0.6 is 11.8 Å². The number of nitrogens with one attached hydrogen (secondary N) is 2. The standard InChI is InChI=1S/C17H32N2O7S/c1-10(21)13(11(2)22)16(26)27-8-7-18-12(23)5-6-19-15(25)14(24)17(3,4)9-20/h10-11,13-14,20-22,24H,5-9H2,1-4H3,(H,18,23)(H,19,25). The lowest BCUT2D eigenvalue weighted by Crippen LogP contribution is -2.46. The zero-order chi connectivity index (χ0) is 21.2. The van der Waals surface area contributed by atoms with Crippen molar-refractivity contribution in [2.75, 3.05) is 25.4 Å². The average Bonchev–Trinajstić information content (AvgIpc) is 2.57. The molecule has 27 heavy (non-hydrogen) atoms. The Morgan fingerprint density at radius 1 is 1.00 bits per heavy atom. The Labute approximate surface area is 163 Å².